The lowest BCUT2D eigenvalue weighted by molar-refractivity contribution is -0.0244. The minimum Gasteiger partial charge on any atom is -0.371 e. The number of rotatable bonds is 4. The van der Waals surface area contributed by atoms with Gasteiger partial charge in [0.15, 0.2) is 0 Å². The highest BCUT2D eigenvalue weighted by molar-refractivity contribution is 5.25. The van der Waals surface area contributed by atoms with Crippen LogP contribution in [0.25, 0.3) is 0 Å². The first-order valence-electron chi connectivity index (χ1n) is 6.52. The Kier molecular flexibility index (Phi) is 4.94. The largest absolute Gasteiger partial charge is 0.371 e. The minimum absolute atomic E-state index is 0.113. The Morgan fingerprint density at radius 1 is 0.722 bits per heavy atom. The van der Waals surface area contributed by atoms with E-state index < -0.39 is 0 Å². The molecule has 0 spiro atoms. The van der Waals surface area contributed by atoms with E-state index in [2.05, 4.69) is 53.7 Å². The summed E-state index contributed by atoms with van der Waals surface area (Å²) < 4.78 is 11.7. The second-order valence-corrected chi connectivity index (χ2v) is 6.57. The molecule has 0 radical (unpaired) electrons. The van der Waals surface area contributed by atoms with Gasteiger partial charge in [-0.1, -0.05) is 24.3 Å². The maximum absolute atomic E-state index is 5.83. The molecule has 0 aliphatic carbocycles. The second-order valence-electron chi connectivity index (χ2n) is 6.57. The lowest BCUT2D eigenvalue weighted by atomic mass is 10.1. The van der Waals surface area contributed by atoms with Crippen molar-refractivity contribution in [1.82, 2.24) is 0 Å². The molecule has 1 rings (SSSR count). The lowest BCUT2D eigenvalue weighted by Crippen LogP contribution is -2.21. The maximum atomic E-state index is 5.83. The fourth-order valence-electron chi connectivity index (χ4n) is 1.43. The summed E-state index contributed by atoms with van der Waals surface area (Å²) in [4.78, 5) is 0. The molecule has 1 aromatic carbocycles. The van der Waals surface area contributed by atoms with Gasteiger partial charge in [-0.2, -0.15) is 0 Å². The summed E-state index contributed by atoms with van der Waals surface area (Å²) in [6, 6.07) is 8.30. The van der Waals surface area contributed by atoms with E-state index in [4.69, 9.17) is 9.47 Å². The molecule has 0 aliphatic rings. The zero-order valence-electron chi connectivity index (χ0n) is 12.5. The molecular weight excluding hydrogens is 224 g/mol. The van der Waals surface area contributed by atoms with Gasteiger partial charge in [-0.05, 0) is 52.7 Å². The van der Waals surface area contributed by atoms with Crippen molar-refractivity contribution in [2.24, 2.45) is 0 Å². The van der Waals surface area contributed by atoms with E-state index in [1.165, 1.54) is 11.1 Å². The van der Waals surface area contributed by atoms with E-state index in [1.807, 2.05) is 12.1 Å². The molecule has 1 aromatic rings. The monoisotopic (exact) mass is 250 g/mol. The quantitative estimate of drug-likeness (QED) is 0.792. The molecule has 0 atom stereocenters. The molecule has 2 nitrogen and oxygen atoms in total. The van der Waals surface area contributed by atoms with E-state index in [9.17, 15) is 0 Å². The molecule has 0 aromatic heterocycles. The van der Waals surface area contributed by atoms with Crippen LogP contribution in [-0.4, -0.2) is 11.2 Å². The van der Waals surface area contributed by atoms with Crippen molar-refractivity contribution in [3.05, 3.63) is 35.4 Å². The Bertz CT molecular complexity index is 332. The van der Waals surface area contributed by atoms with Crippen molar-refractivity contribution < 1.29 is 9.47 Å². The van der Waals surface area contributed by atoms with Gasteiger partial charge in [0.2, 0.25) is 0 Å². The van der Waals surface area contributed by atoms with Crippen LogP contribution in [0.1, 0.15) is 52.7 Å². The van der Waals surface area contributed by atoms with Crippen LogP contribution in [0.2, 0.25) is 0 Å². The van der Waals surface area contributed by atoms with Crippen molar-refractivity contribution >= 4 is 0 Å². The molecule has 0 heterocycles. The van der Waals surface area contributed by atoms with Crippen LogP contribution in [0, 0.1) is 0 Å². The lowest BCUT2D eigenvalue weighted by Gasteiger charge is -2.23. The van der Waals surface area contributed by atoms with Crippen LogP contribution in [0.4, 0.5) is 0 Å². The van der Waals surface area contributed by atoms with Crippen molar-refractivity contribution in [2.45, 2.75) is 66.0 Å². The molecule has 102 valence electrons. The molecule has 0 unspecified atom stereocenters. The molecule has 0 saturated carbocycles. The van der Waals surface area contributed by atoms with Gasteiger partial charge in [-0.25, -0.2) is 0 Å². The smallest absolute Gasteiger partial charge is 0.0727 e. The van der Waals surface area contributed by atoms with Gasteiger partial charge in [-0.15, -0.1) is 0 Å². The van der Waals surface area contributed by atoms with Gasteiger partial charge in [0, 0.05) is 0 Å². The van der Waals surface area contributed by atoms with E-state index in [1.54, 1.807) is 0 Å². The summed E-state index contributed by atoms with van der Waals surface area (Å²) in [5.41, 5.74) is 2.18. The Balaban J connectivity index is 2.68. The van der Waals surface area contributed by atoms with Crippen LogP contribution in [0.15, 0.2) is 24.3 Å². The van der Waals surface area contributed by atoms with Crippen LogP contribution in [0.5, 0.6) is 0 Å². The molecule has 2 heteroatoms. The van der Waals surface area contributed by atoms with Gasteiger partial charge < -0.3 is 9.47 Å². The van der Waals surface area contributed by atoms with Gasteiger partial charge in [0.25, 0.3) is 0 Å². The first kappa shape index (κ1) is 15.2. The summed E-state index contributed by atoms with van der Waals surface area (Å²) in [7, 11) is 0. The minimum atomic E-state index is -0.113. The third-order valence-electron chi connectivity index (χ3n) is 2.44. The molecule has 0 bridgehead atoms. The highest BCUT2D eigenvalue weighted by Gasteiger charge is 2.14. The van der Waals surface area contributed by atoms with Crippen LogP contribution in [-0.2, 0) is 22.7 Å². The fourth-order valence-corrected chi connectivity index (χ4v) is 1.43. The predicted molar refractivity (Wildman–Crippen MR) is 75.5 cm³/mol. The highest BCUT2D eigenvalue weighted by atomic mass is 16.5. The zero-order chi connectivity index (χ0) is 13.8. The second kappa shape index (κ2) is 5.85. The van der Waals surface area contributed by atoms with E-state index in [-0.39, 0.29) is 11.2 Å². The average Bonchev–Trinajstić information content (AvgIpc) is 2.22. The molecule has 0 saturated heterocycles. The molecular formula is C16H26O2. The SMILES string of the molecule is CC(C)(C)OCc1ccccc1COC(C)(C)C. The Morgan fingerprint density at radius 3 is 1.33 bits per heavy atom. The summed E-state index contributed by atoms with van der Waals surface area (Å²) in [5, 5.41) is 0. The Hall–Kier alpha value is -0.860. The van der Waals surface area contributed by atoms with Crippen molar-refractivity contribution in [3.63, 3.8) is 0 Å². The van der Waals surface area contributed by atoms with Crippen molar-refractivity contribution in [3.8, 4) is 0 Å². The number of hydrogen-bond acceptors (Lipinski definition) is 2. The van der Waals surface area contributed by atoms with Crippen LogP contribution < -0.4 is 0 Å². The van der Waals surface area contributed by atoms with E-state index >= 15 is 0 Å². The fraction of sp³-hybridized carbons (Fsp3) is 0.625. The highest BCUT2D eigenvalue weighted by Crippen LogP contribution is 2.18. The first-order chi connectivity index (χ1) is 8.17. The summed E-state index contributed by atoms with van der Waals surface area (Å²) in [5.74, 6) is 0. The zero-order valence-corrected chi connectivity index (χ0v) is 12.5. The van der Waals surface area contributed by atoms with Crippen LogP contribution in [0.3, 0.4) is 0 Å². The van der Waals surface area contributed by atoms with Gasteiger partial charge in [0.1, 0.15) is 0 Å². The predicted octanol–water partition coefficient (Wildman–Crippen LogP) is 4.32. The third kappa shape index (κ3) is 6.18. The number of benzene rings is 1. The maximum Gasteiger partial charge on any atom is 0.0727 e. The number of ether oxygens (including phenoxy) is 2. The Labute approximate surface area is 111 Å². The normalized spacial score (nSPS) is 12.8. The third-order valence-corrected chi connectivity index (χ3v) is 2.44. The molecule has 18 heavy (non-hydrogen) atoms. The first-order valence-corrected chi connectivity index (χ1v) is 6.52. The van der Waals surface area contributed by atoms with E-state index in [0.717, 1.165) is 0 Å². The molecule has 0 fully saturated rings. The molecule has 0 N–H and O–H groups in total. The van der Waals surface area contributed by atoms with Crippen LogP contribution >= 0.6 is 0 Å². The summed E-state index contributed by atoms with van der Waals surface area (Å²) in [6.07, 6.45) is 0. The molecule has 0 aliphatic heterocycles. The topological polar surface area (TPSA) is 18.5 Å². The van der Waals surface area contributed by atoms with Gasteiger partial charge >= 0.3 is 0 Å². The van der Waals surface area contributed by atoms with Crippen molar-refractivity contribution in [1.29, 1.82) is 0 Å². The summed E-state index contributed by atoms with van der Waals surface area (Å²) >= 11 is 0. The standard InChI is InChI=1S/C16H26O2/c1-15(2,3)17-11-13-9-7-8-10-14(13)12-18-16(4,5)6/h7-10H,11-12H2,1-6H3. The van der Waals surface area contributed by atoms with Crippen molar-refractivity contribution in [2.75, 3.05) is 0 Å². The molecule has 0 amide bonds. The number of hydrogen-bond donors (Lipinski definition) is 0. The average molecular weight is 250 g/mol. The summed E-state index contributed by atoms with van der Waals surface area (Å²) in [6.45, 7) is 13.7. The Morgan fingerprint density at radius 2 is 1.06 bits per heavy atom. The van der Waals surface area contributed by atoms with E-state index in [0.29, 0.717) is 13.2 Å². The van der Waals surface area contributed by atoms with Gasteiger partial charge in [-0.3, -0.25) is 0 Å². The van der Waals surface area contributed by atoms with Gasteiger partial charge in [0.05, 0.1) is 24.4 Å².